The van der Waals surface area contributed by atoms with Crippen LogP contribution in [-0.4, -0.2) is 73.0 Å². The molecule has 1 aliphatic carbocycles. The minimum absolute atomic E-state index is 0.0165. The molecule has 2 fully saturated rings. The molecule has 1 N–H and O–H groups in total. The van der Waals surface area contributed by atoms with Crippen LogP contribution < -0.4 is 5.32 Å². The molecule has 0 unspecified atom stereocenters. The SMILES string of the molecule is C[C@@H](Sc1ccc(S(=O)(=O)N2CCN(C)CC2)cn1)C(=O)NC1CCCC1. The standard InChI is InChI=1S/C18H28N4O3S2/c1-14(18(23)20-15-5-3-4-6-15)26-17-8-7-16(13-19-17)27(24,25)22-11-9-21(2)10-12-22/h7-8,13-15H,3-6,9-12H2,1-2H3,(H,20,23)/t14-/m1/s1. The van der Waals surface area contributed by atoms with E-state index in [1.165, 1.54) is 35.1 Å². The van der Waals surface area contributed by atoms with E-state index in [-0.39, 0.29) is 16.1 Å². The van der Waals surface area contributed by atoms with Gasteiger partial charge < -0.3 is 10.2 Å². The average Bonchev–Trinajstić information content (AvgIpc) is 3.15. The molecule has 150 valence electrons. The molecule has 9 heteroatoms. The van der Waals surface area contributed by atoms with Crippen molar-refractivity contribution in [2.75, 3.05) is 33.2 Å². The maximum absolute atomic E-state index is 12.7. The molecular formula is C18H28N4O3S2. The summed E-state index contributed by atoms with van der Waals surface area (Å²) in [6.45, 7) is 4.30. The Morgan fingerprint density at radius 1 is 1.22 bits per heavy atom. The molecule has 1 aliphatic heterocycles. The summed E-state index contributed by atoms with van der Waals surface area (Å²) in [7, 11) is -1.52. The summed E-state index contributed by atoms with van der Waals surface area (Å²) in [5.74, 6) is 0.0165. The molecule has 0 aromatic carbocycles. The van der Waals surface area contributed by atoms with E-state index in [0.29, 0.717) is 24.2 Å². The number of sulfonamides is 1. The van der Waals surface area contributed by atoms with Gasteiger partial charge in [-0.25, -0.2) is 13.4 Å². The number of hydrogen-bond donors (Lipinski definition) is 1. The van der Waals surface area contributed by atoms with Crippen molar-refractivity contribution >= 4 is 27.7 Å². The van der Waals surface area contributed by atoms with Gasteiger partial charge in [-0.15, -0.1) is 0 Å². The Bertz CT molecular complexity index is 740. The third-order valence-corrected chi connectivity index (χ3v) is 8.11. The molecule has 27 heavy (non-hydrogen) atoms. The number of aromatic nitrogens is 1. The van der Waals surface area contributed by atoms with Crippen LogP contribution >= 0.6 is 11.8 Å². The van der Waals surface area contributed by atoms with E-state index in [4.69, 9.17) is 0 Å². The predicted octanol–water partition coefficient (Wildman–Crippen LogP) is 1.56. The Morgan fingerprint density at radius 3 is 2.48 bits per heavy atom. The Balaban J connectivity index is 1.58. The molecule has 1 saturated carbocycles. The number of likely N-dealkylation sites (N-methyl/N-ethyl adjacent to an activating group) is 1. The maximum atomic E-state index is 12.7. The van der Waals surface area contributed by atoms with Gasteiger partial charge in [-0.3, -0.25) is 4.79 Å². The van der Waals surface area contributed by atoms with Crippen molar-refractivity contribution in [2.45, 2.75) is 53.8 Å². The zero-order valence-corrected chi connectivity index (χ0v) is 17.6. The lowest BCUT2D eigenvalue weighted by Crippen LogP contribution is -2.47. The van der Waals surface area contributed by atoms with Crippen LogP contribution in [0.4, 0.5) is 0 Å². The Hall–Kier alpha value is -1.16. The zero-order chi connectivity index (χ0) is 19.4. The number of thioether (sulfide) groups is 1. The van der Waals surface area contributed by atoms with Crippen molar-refractivity contribution < 1.29 is 13.2 Å². The lowest BCUT2D eigenvalue weighted by atomic mass is 10.2. The number of nitrogens with zero attached hydrogens (tertiary/aromatic N) is 3. The predicted molar refractivity (Wildman–Crippen MR) is 106 cm³/mol. The van der Waals surface area contributed by atoms with Gasteiger partial charge in [0.25, 0.3) is 0 Å². The maximum Gasteiger partial charge on any atom is 0.244 e. The average molecular weight is 413 g/mol. The minimum atomic E-state index is -3.51. The van der Waals surface area contributed by atoms with Gasteiger partial charge in [-0.1, -0.05) is 24.6 Å². The molecule has 2 aliphatic rings. The first-order chi connectivity index (χ1) is 12.9. The summed E-state index contributed by atoms with van der Waals surface area (Å²) < 4.78 is 27.0. The number of piperazine rings is 1. The molecule has 0 bridgehead atoms. The molecular weight excluding hydrogens is 384 g/mol. The first-order valence-electron chi connectivity index (χ1n) is 9.48. The van der Waals surface area contributed by atoms with Crippen LogP contribution in [0.3, 0.4) is 0 Å². The second-order valence-electron chi connectivity index (χ2n) is 7.29. The van der Waals surface area contributed by atoms with Gasteiger partial charge in [0, 0.05) is 38.4 Å². The van der Waals surface area contributed by atoms with E-state index in [0.717, 1.165) is 25.9 Å². The highest BCUT2D eigenvalue weighted by Crippen LogP contribution is 2.25. The van der Waals surface area contributed by atoms with Crippen molar-refractivity contribution in [3.63, 3.8) is 0 Å². The third kappa shape index (κ3) is 5.22. The summed E-state index contributed by atoms with van der Waals surface area (Å²) in [6.07, 6.45) is 5.87. The smallest absolute Gasteiger partial charge is 0.244 e. The molecule has 0 spiro atoms. The van der Waals surface area contributed by atoms with Crippen molar-refractivity contribution in [3.8, 4) is 0 Å². The molecule has 1 aromatic heterocycles. The molecule has 0 radical (unpaired) electrons. The fraction of sp³-hybridized carbons (Fsp3) is 0.667. The van der Waals surface area contributed by atoms with E-state index < -0.39 is 10.0 Å². The molecule has 3 rings (SSSR count). The second-order valence-corrected chi connectivity index (χ2v) is 10.6. The van der Waals surface area contributed by atoms with Gasteiger partial charge >= 0.3 is 0 Å². The number of carbonyl (C=O) groups excluding carboxylic acids is 1. The van der Waals surface area contributed by atoms with Gasteiger partial charge in [0.2, 0.25) is 15.9 Å². The number of carbonyl (C=O) groups is 1. The Kier molecular flexibility index (Phi) is 6.78. The number of nitrogens with one attached hydrogen (secondary N) is 1. The summed E-state index contributed by atoms with van der Waals surface area (Å²) >= 11 is 1.35. The Labute approximate surface area is 165 Å². The monoisotopic (exact) mass is 412 g/mol. The van der Waals surface area contributed by atoms with E-state index in [2.05, 4.69) is 15.2 Å². The van der Waals surface area contributed by atoms with Crippen LogP contribution in [0, 0.1) is 0 Å². The summed E-state index contributed by atoms with van der Waals surface area (Å²) in [5.41, 5.74) is 0. The number of rotatable bonds is 6. The highest BCUT2D eigenvalue weighted by Gasteiger charge is 2.28. The van der Waals surface area contributed by atoms with Crippen LogP contribution in [0.15, 0.2) is 28.3 Å². The fourth-order valence-electron chi connectivity index (χ4n) is 3.39. The molecule has 7 nitrogen and oxygen atoms in total. The topological polar surface area (TPSA) is 82.6 Å². The molecule has 1 aromatic rings. The van der Waals surface area contributed by atoms with E-state index in [9.17, 15) is 13.2 Å². The molecule has 2 heterocycles. The number of amides is 1. The van der Waals surface area contributed by atoms with Crippen molar-refractivity contribution in [1.82, 2.24) is 19.5 Å². The second kappa shape index (κ2) is 8.89. The van der Waals surface area contributed by atoms with Gasteiger partial charge in [0.1, 0.15) is 4.90 Å². The van der Waals surface area contributed by atoms with Crippen molar-refractivity contribution in [1.29, 1.82) is 0 Å². The summed E-state index contributed by atoms with van der Waals surface area (Å²) in [5, 5.41) is 3.48. The van der Waals surface area contributed by atoms with Gasteiger partial charge in [-0.05, 0) is 38.9 Å². The lowest BCUT2D eigenvalue weighted by Gasteiger charge is -2.31. The first-order valence-corrected chi connectivity index (χ1v) is 11.8. The highest BCUT2D eigenvalue weighted by molar-refractivity contribution is 8.00. The van der Waals surface area contributed by atoms with Crippen molar-refractivity contribution in [2.24, 2.45) is 0 Å². The van der Waals surface area contributed by atoms with Gasteiger partial charge in [0.15, 0.2) is 0 Å². The van der Waals surface area contributed by atoms with Crippen LogP contribution in [-0.2, 0) is 14.8 Å². The highest BCUT2D eigenvalue weighted by atomic mass is 32.2. The van der Waals surface area contributed by atoms with Gasteiger partial charge in [0.05, 0.1) is 10.3 Å². The zero-order valence-electron chi connectivity index (χ0n) is 15.9. The minimum Gasteiger partial charge on any atom is -0.352 e. The van der Waals surface area contributed by atoms with E-state index >= 15 is 0 Å². The summed E-state index contributed by atoms with van der Waals surface area (Å²) in [6, 6.07) is 3.57. The fourth-order valence-corrected chi connectivity index (χ4v) is 5.56. The van der Waals surface area contributed by atoms with Crippen LogP contribution in [0.5, 0.6) is 0 Å². The Morgan fingerprint density at radius 2 is 1.89 bits per heavy atom. The number of pyridine rings is 1. The number of hydrogen-bond acceptors (Lipinski definition) is 6. The molecule has 1 amide bonds. The molecule has 1 saturated heterocycles. The normalized spacial score (nSPS) is 21.3. The lowest BCUT2D eigenvalue weighted by molar-refractivity contribution is -0.120. The summed E-state index contributed by atoms with van der Waals surface area (Å²) in [4.78, 5) is 18.9. The van der Waals surface area contributed by atoms with Crippen LogP contribution in [0.1, 0.15) is 32.6 Å². The molecule has 1 atom stereocenters. The van der Waals surface area contributed by atoms with Crippen LogP contribution in [0.25, 0.3) is 0 Å². The first kappa shape index (κ1) is 20.6. The van der Waals surface area contributed by atoms with Crippen LogP contribution in [0.2, 0.25) is 0 Å². The van der Waals surface area contributed by atoms with Crippen molar-refractivity contribution in [3.05, 3.63) is 18.3 Å². The van der Waals surface area contributed by atoms with E-state index in [1.54, 1.807) is 12.1 Å². The van der Waals surface area contributed by atoms with Gasteiger partial charge in [-0.2, -0.15) is 4.31 Å². The quantitative estimate of drug-likeness (QED) is 0.714. The largest absolute Gasteiger partial charge is 0.352 e. The third-order valence-electron chi connectivity index (χ3n) is 5.18. The van der Waals surface area contributed by atoms with E-state index in [1.807, 2.05) is 14.0 Å².